The molecular formula is C12H12O5. The number of fused-ring (bicyclic) bond motifs is 1. The smallest absolute Gasteiger partial charge is 0.202 e. The molecule has 0 fully saturated rings. The van der Waals surface area contributed by atoms with Gasteiger partial charge in [-0.05, 0) is 6.92 Å². The first kappa shape index (κ1) is 11.3. The summed E-state index contributed by atoms with van der Waals surface area (Å²) in [5.41, 5.74) is -0.190. The zero-order valence-electron chi connectivity index (χ0n) is 9.73. The molecule has 0 radical (unpaired) electrons. The predicted octanol–water partition coefficient (Wildman–Crippen LogP) is 1.82. The largest absolute Gasteiger partial charge is 0.502 e. The van der Waals surface area contributed by atoms with Crippen molar-refractivity contribution in [3.63, 3.8) is 0 Å². The molecule has 2 aromatic rings. The Hall–Kier alpha value is -2.17. The van der Waals surface area contributed by atoms with Gasteiger partial charge < -0.3 is 19.0 Å². The molecule has 0 aliphatic rings. The Morgan fingerprint density at radius 1 is 1.18 bits per heavy atom. The highest BCUT2D eigenvalue weighted by atomic mass is 16.5. The Kier molecular flexibility index (Phi) is 2.67. The third-order valence-electron chi connectivity index (χ3n) is 2.47. The van der Waals surface area contributed by atoms with Crippen molar-refractivity contribution in [1.29, 1.82) is 0 Å². The molecule has 0 spiro atoms. The van der Waals surface area contributed by atoms with Crippen molar-refractivity contribution >= 4 is 11.0 Å². The highest BCUT2D eigenvalue weighted by molar-refractivity contribution is 5.90. The molecule has 2 rings (SSSR count). The second kappa shape index (κ2) is 4.01. The normalized spacial score (nSPS) is 10.5. The van der Waals surface area contributed by atoms with Crippen LogP contribution in [0.25, 0.3) is 11.0 Å². The third kappa shape index (κ3) is 1.69. The van der Waals surface area contributed by atoms with Crippen LogP contribution in [0, 0.1) is 6.92 Å². The van der Waals surface area contributed by atoms with Crippen molar-refractivity contribution in [2.45, 2.75) is 6.92 Å². The lowest BCUT2D eigenvalue weighted by molar-refractivity contribution is 0.362. The number of hydrogen-bond acceptors (Lipinski definition) is 5. The molecule has 90 valence electrons. The van der Waals surface area contributed by atoms with Crippen molar-refractivity contribution in [3.8, 4) is 17.2 Å². The van der Waals surface area contributed by atoms with Crippen LogP contribution in [-0.4, -0.2) is 19.3 Å². The van der Waals surface area contributed by atoms with Crippen LogP contribution in [0.4, 0.5) is 0 Å². The van der Waals surface area contributed by atoms with Crippen molar-refractivity contribution in [1.82, 2.24) is 0 Å². The Morgan fingerprint density at radius 3 is 2.41 bits per heavy atom. The lowest BCUT2D eigenvalue weighted by Crippen LogP contribution is -2.03. The first-order chi connectivity index (χ1) is 8.08. The highest BCUT2D eigenvalue weighted by Gasteiger charge is 2.17. The van der Waals surface area contributed by atoms with Gasteiger partial charge in [0.2, 0.25) is 5.75 Å². The Morgan fingerprint density at radius 2 is 1.82 bits per heavy atom. The van der Waals surface area contributed by atoms with Crippen LogP contribution in [0.15, 0.2) is 21.3 Å². The number of phenols is 1. The zero-order chi connectivity index (χ0) is 12.6. The molecule has 0 aliphatic carbocycles. The summed E-state index contributed by atoms with van der Waals surface area (Å²) in [6.07, 6.45) is 0. The Balaban J connectivity index is 3.00. The van der Waals surface area contributed by atoms with Gasteiger partial charge in [-0.1, -0.05) is 0 Å². The van der Waals surface area contributed by atoms with Gasteiger partial charge in [0, 0.05) is 12.1 Å². The quantitative estimate of drug-likeness (QED) is 0.861. The monoisotopic (exact) mass is 236 g/mol. The van der Waals surface area contributed by atoms with E-state index in [0.717, 1.165) is 0 Å². The minimum Gasteiger partial charge on any atom is -0.502 e. The van der Waals surface area contributed by atoms with E-state index in [1.165, 1.54) is 26.4 Å². The molecule has 17 heavy (non-hydrogen) atoms. The van der Waals surface area contributed by atoms with Crippen LogP contribution in [0.1, 0.15) is 5.76 Å². The minimum absolute atomic E-state index is 0.0752. The van der Waals surface area contributed by atoms with E-state index < -0.39 is 0 Å². The number of aromatic hydroxyl groups is 1. The molecule has 0 saturated carbocycles. The molecule has 5 nitrogen and oxygen atoms in total. The lowest BCUT2D eigenvalue weighted by Gasteiger charge is -2.10. The molecule has 0 saturated heterocycles. The summed E-state index contributed by atoms with van der Waals surface area (Å²) in [5.74, 6) is 0.712. The molecule has 1 N–H and O–H groups in total. The average molecular weight is 236 g/mol. The van der Waals surface area contributed by atoms with E-state index in [4.69, 9.17) is 13.9 Å². The topological polar surface area (TPSA) is 68.9 Å². The second-order valence-electron chi connectivity index (χ2n) is 3.56. The van der Waals surface area contributed by atoms with E-state index >= 15 is 0 Å². The van der Waals surface area contributed by atoms with Gasteiger partial charge in [-0.25, -0.2) is 0 Å². The first-order valence-electron chi connectivity index (χ1n) is 4.97. The second-order valence-corrected chi connectivity index (χ2v) is 3.56. The fourth-order valence-corrected chi connectivity index (χ4v) is 1.70. The fourth-order valence-electron chi connectivity index (χ4n) is 1.70. The molecular weight excluding hydrogens is 224 g/mol. The summed E-state index contributed by atoms with van der Waals surface area (Å²) in [4.78, 5) is 11.8. The molecule has 0 bridgehead atoms. The van der Waals surface area contributed by atoms with Crippen molar-refractivity contribution in [2.75, 3.05) is 14.2 Å². The van der Waals surface area contributed by atoms with Gasteiger partial charge in [-0.15, -0.1) is 0 Å². The fraction of sp³-hybridized carbons (Fsp3) is 0.250. The van der Waals surface area contributed by atoms with Gasteiger partial charge in [0.05, 0.1) is 14.2 Å². The summed E-state index contributed by atoms with van der Waals surface area (Å²) in [7, 11) is 2.85. The van der Waals surface area contributed by atoms with Crippen LogP contribution < -0.4 is 14.9 Å². The summed E-state index contributed by atoms with van der Waals surface area (Å²) in [6, 6.07) is 2.79. The molecule has 0 atom stereocenters. The van der Waals surface area contributed by atoms with Crippen LogP contribution in [0.2, 0.25) is 0 Å². The van der Waals surface area contributed by atoms with Gasteiger partial charge in [0.15, 0.2) is 16.8 Å². The van der Waals surface area contributed by atoms with Gasteiger partial charge in [-0.2, -0.15) is 0 Å². The number of methoxy groups -OCH3 is 2. The molecule has 1 aromatic carbocycles. The van der Waals surface area contributed by atoms with Crippen LogP contribution in [-0.2, 0) is 0 Å². The maximum Gasteiger partial charge on any atom is 0.202 e. The maximum absolute atomic E-state index is 11.8. The minimum atomic E-state index is -0.265. The first-order valence-corrected chi connectivity index (χ1v) is 4.97. The van der Waals surface area contributed by atoms with Crippen LogP contribution >= 0.6 is 0 Å². The van der Waals surface area contributed by atoms with Crippen molar-refractivity contribution < 1.29 is 19.0 Å². The number of aryl methyl sites for hydroxylation is 1. The molecule has 0 amide bonds. The van der Waals surface area contributed by atoms with Crippen molar-refractivity contribution in [2.24, 2.45) is 0 Å². The van der Waals surface area contributed by atoms with Crippen LogP contribution in [0.3, 0.4) is 0 Å². The van der Waals surface area contributed by atoms with E-state index in [-0.39, 0.29) is 27.9 Å². The number of rotatable bonds is 2. The van der Waals surface area contributed by atoms with E-state index in [1.54, 1.807) is 6.92 Å². The van der Waals surface area contributed by atoms with Gasteiger partial charge in [-0.3, -0.25) is 4.79 Å². The number of phenolic OH excluding ortho intramolecular Hbond substituents is 1. The molecule has 0 unspecified atom stereocenters. The molecule has 0 aliphatic heterocycles. The predicted molar refractivity (Wildman–Crippen MR) is 62.0 cm³/mol. The Bertz CT molecular complexity index is 627. The average Bonchev–Trinajstić information content (AvgIpc) is 2.30. The van der Waals surface area contributed by atoms with Gasteiger partial charge >= 0.3 is 0 Å². The summed E-state index contributed by atoms with van der Waals surface area (Å²) in [6.45, 7) is 1.63. The standard InChI is InChI=1S/C12H12O5/c1-6-4-7(13)10-8(15-2)5-9(16-3)11(14)12(10)17-6/h4-5,14H,1-3H3. The SMILES string of the molecule is COc1cc(OC)c2c(=O)cc(C)oc2c1O. The van der Waals surface area contributed by atoms with E-state index in [2.05, 4.69) is 0 Å². The van der Waals surface area contributed by atoms with Gasteiger partial charge in [0.25, 0.3) is 0 Å². The maximum atomic E-state index is 11.8. The summed E-state index contributed by atoms with van der Waals surface area (Å²) < 4.78 is 15.4. The molecule has 1 aromatic heterocycles. The van der Waals surface area contributed by atoms with Gasteiger partial charge in [0.1, 0.15) is 16.9 Å². The highest BCUT2D eigenvalue weighted by Crippen LogP contribution is 2.39. The van der Waals surface area contributed by atoms with E-state index in [9.17, 15) is 9.90 Å². The molecule has 5 heteroatoms. The summed E-state index contributed by atoms with van der Waals surface area (Å²) in [5, 5.41) is 10.1. The van der Waals surface area contributed by atoms with E-state index in [1.807, 2.05) is 0 Å². The summed E-state index contributed by atoms with van der Waals surface area (Å²) >= 11 is 0. The Labute approximate surface area is 97.2 Å². The molecule has 1 heterocycles. The van der Waals surface area contributed by atoms with Crippen molar-refractivity contribution in [3.05, 3.63) is 28.1 Å². The zero-order valence-corrected chi connectivity index (χ0v) is 9.73. The number of benzene rings is 1. The van der Waals surface area contributed by atoms with Crippen LogP contribution in [0.5, 0.6) is 17.2 Å². The number of hydrogen-bond donors (Lipinski definition) is 1. The number of ether oxygens (including phenoxy) is 2. The lowest BCUT2D eigenvalue weighted by atomic mass is 10.1. The van der Waals surface area contributed by atoms with E-state index in [0.29, 0.717) is 11.5 Å². The third-order valence-corrected chi connectivity index (χ3v) is 2.47.